The molecule has 1 aromatic heterocycles. The summed E-state index contributed by atoms with van der Waals surface area (Å²) in [5.74, 6) is 0.885. The van der Waals surface area contributed by atoms with E-state index in [1.807, 2.05) is 6.92 Å². The van der Waals surface area contributed by atoms with Crippen molar-refractivity contribution in [3.05, 3.63) is 5.89 Å². The highest BCUT2D eigenvalue weighted by atomic mass is 16.5. The summed E-state index contributed by atoms with van der Waals surface area (Å²) < 4.78 is 4.84. The topological polar surface area (TPSA) is 91.0 Å². The zero-order valence-corrected chi connectivity index (χ0v) is 7.32. The van der Waals surface area contributed by atoms with E-state index in [1.54, 1.807) is 0 Å². The molecule has 68 valence electrons. The number of rotatable bonds is 3. The monoisotopic (exact) mass is 170 g/mol. The van der Waals surface area contributed by atoms with Gasteiger partial charge in [-0.05, 0) is 11.1 Å². The molecule has 0 amide bonds. The van der Waals surface area contributed by atoms with Crippen LogP contribution in [0.2, 0.25) is 0 Å². The largest absolute Gasteiger partial charge is 0.365 e. The lowest BCUT2D eigenvalue weighted by atomic mass is 10.0. The number of hydrogen-bond acceptors (Lipinski definition) is 5. The van der Waals surface area contributed by atoms with Gasteiger partial charge in [-0.2, -0.15) is 4.98 Å². The van der Waals surface area contributed by atoms with Crippen LogP contribution in [0.15, 0.2) is 4.52 Å². The minimum absolute atomic E-state index is 0.142. The van der Waals surface area contributed by atoms with E-state index in [2.05, 4.69) is 17.1 Å². The van der Waals surface area contributed by atoms with E-state index >= 15 is 0 Å². The highest BCUT2D eigenvalue weighted by Crippen LogP contribution is 2.19. The summed E-state index contributed by atoms with van der Waals surface area (Å²) in [5, 5.41) is 3.47. The number of anilines is 1. The Morgan fingerprint density at radius 2 is 2.25 bits per heavy atom. The predicted octanol–water partition coefficient (Wildman–Crippen LogP) is 0.698. The average molecular weight is 170 g/mol. The van der Waals surface area contributed by atoms with Crippen LogP contribution in [0.25, 0.3) is 0 Å². The number of nitrogens with zero attached hydrogens (tertiary/aromatic N) is 2. The first-order valence-corrected chi connectivity index (χ1v) is 3.99. The van der Waals surface area contributed by atoms with E-state index < -0.39 is 0 Å². The lowest BCUT2D eigenvalue weighted by molar-refractivity contribution is 0.313. The third-order valence-corrected chi connectivity index (χ3v) is 2.00. The Morgan fingerprint density at radius 1 is 1.58 bits per heavy atom. The molecular weight excluding hydrogens is 156 g/mol. The molecule has 2 atom stereocenters. The van der Waals surface area contributed by atoms with Gasteiger partial charge in [0.25, 0.3) is 5.95 Å². The Balaban J connectivity index is 2.70. The maximum atomic E-state index is 5.81. The van der Waals surface area contributed by atoms with Gasteiger partial charge in [-0.3, -0.25) is 0 Å². The second-order valence-corrected chi connectivity index (χ2v) is 2.90. The van der Waals surface area contributed by atoms with E-state index in [-0.39, 0.29) is 12.0 Å². The smallest absolute Gasteiger partial charge is 0.260 e. The van der Waals surface area contributed by atoms with Crippen molar-refractivity contribution in [2.45, 2.75) is 26.3 Å². The van der Waals surface area contributed by atoms with Gasteiger partial charge < -0.3 is 16.0 Å². The minimum atomic E-state index is -0.209. The Hall–Kier alpha value is -1.10. The first kappa shape index (κ1) is 8.99. The number of hydrogen-bond donors (Lipinski definition) is 2. The van der Waals surface area contributed by atoms with Crippen LogP contribution in [-0.4, -0.2) is 10.1 Å². The van der Waals surface area contributed by atoms with E-state index in [4.69, 9.17) is 16.0 Å². The zero-order chi connectivity index (χ0) is 9.14. The van der Waals surface area contributed by atoms with Crippen LogP contribution < -0.4 is 11.5 Å². The maximum absolute atomic E-state index is 5.81. The molecule has 4 N–H and O–H groups in total. The van der Waals surface area contributed by atoms with E-state index in [1.165, 1.54) is 0 Å². The first-order valence-electron chi connectivity index (χ1n) is 3.99. The molecule has 0 aliphatic carbocycles. The van der Waals surface area contributed by atoms with Gasteiger partial charge in [-0.1, -0.05) is 20.3 Å². The molecule has 0 aliphatic heterocycles. The Morgan fingerprint density at radius 3 is 2.67 bits per heavy atom. The zero-order valence-electron chi connectivity index (χ0n) is 7.32. The van der Waals surface area contributed by atoms with Gasteiger partial charge in [0.1, 0.15) is 0 Å². The van der Waals surface area contributed by atoms with Crippen LogP contribution in [0.3, 0.4) is 0 Å². The molecule has 5 nitrogen and oxygen atoms in total. The molecule has 0 fully saturated rings. The number of nitrogen functional groups attached to an aromatic ring is 1. The summed E-state index contributed by atoms with van der Waals surface area (Å²) >= 11 is 0. The van der Waals surface area contributed by atoms with Gasteiger partial charge in [0.05, 0.1) is 6.04 Å². The molecule has 0 saturated heterocycles. The summed E-state index contributed by atoms with van der Waals surface area (Å²) in [4.78, 5) is 3.85. The van der Waals surface area contributed by atoms with E-state index in [0.717, 1.165) is 6.42 Å². The molecule has 1 rings (SSSR count). The second kappa shape index (κ2) is 3.53. The van der Waals surface area contributed by atoms with Crippen LogP contribution in [0.1, 0.15) is 32.2 Å². The fourth-order valence-electron chi connectivity index (χ4n) is 0.880. The standard InChI is InChI=1S/C7H14N4O/c1-3-4(2)5(8)6-10-7(9)11-12-6/h4-5H,3,8H2,1-2H3,(H2,9,11)/t4?,5-/m0/s1. The van der Waals surface area contributed by atoms with Crippen molar-refractivity contribution in [3.63, 3.8) is 0 Å². The van der Waals surface area contributed by atoms with Crippen molar-refractivity contribution >= 4 is 5.95 Å². The van der Waals surface area contributed by atoms with E-state index in [0.29, 0.717) is 11.8 Å². The van der Waals surface area contributed by atoms with Crippen molar-refractivity contribution < 1.29 is 4.52 Å². The SMILES string of the molecule is CCC(C)[C@H](N)c1nc(N)no1. The van der Waals surface area contributed by atoms with Gasteiger partial charge >= 0.3 is 0 Å². The molecule has 1 aromatic rings. The lowest BCUT2D eigenvalue weighted by Crippen LogP contribution is -2.18. The fraction of sp³-hybridized carbons (Fsp3) is 0.714. The van der Waals surface area contributed by atoms with Gasteiger partial charge in [-0.15, -0.1) is 0 Å². The van der Waals surface area contributed by atoms with Gasteiger partial charge in [0.15, 0.2) is 0 Å². The molecule has 12 heavy (non-hydrogen) atoms. The number of aromatic nitrogens is 2. The molecule has 0 radical (unpaired) electrons. The van der Waals surface area contributed by atoms with Gasteiger partial charge in [0.2, 0.25) is 5.89 Å². The van der Waals surface area contributed by atoms with Crippen LogP contribution in [0.5, 0.6) is 0 Å². The highest BCUT2D eigenvalue weighted by Gasteiger charge is 2.18. The molecule has 0 aromatic carbocycles. The second-order valence-electron chi connectivity index (χ2n) is 2.90. The summed E-state index contributed by atoms with van der Waals surface area (Å²) in [6.45, 7) is 4.09. The predicted molar refractivity (Wildman–Crippen MR) is 45.1 cm³/mol. The molecule has 0 aliphatic rings. The molecule has 1 unspecified atom stereocenters. The molecule has 0 spiro atoms. The Labute approximate surface area is 71.1 Å². The van der Waals surface area contributed by atoms with Crippen molar-refractivity contribution in [2.24, 2.45) is 11.7 Å². The van der Waals surface area contributed by atoms with Crippen molar-refractivity contribution in [2.75, 3.05) is 5.73 Å². The normalized spacial score (nSPS) is 15.9. The summed E-state index contributed by atoms with van der Waals surface area (Å²) in [6.07, 6.45) is 0.976. The molecule has 1 heterocycles. The third-order valence-electron chi connectivity index (χ3n) is 2.00. The molecular formula is C7H14N4O. The van der Waals surface area contributed by atoms with Crippen LogP contribution >= 0.6 is 0 Å². The van der Waals surface area contributed by atoms with Crippen LogP contribution in [-0.2, 0) is 0 Å². The van der Waals surface area contributed by atoms with Gasteiger partial charge in [0, 0.05) is 0 Å². The summed E-state index contributed by atoms with van der Waals surface area (Å²) in [5.41, 5.74) is 11.1. The molecule has 5 heteroatoms. The highest BCUT2D eigenvalue weighted by molar-refractivity contribution is 5.11. The first-order chi connectivity index (χ1) is 5.65. The molecule has 0 saturated carbocycles. The maximum Gasteiger partial charge on any atom is 0.260 e. The van der Waals surface area contributed by atoms with Gasteiger partial charge in [-0.25, -0.2) is 0 Å². The molecule has 0 bridgehead atoms. The number of nitrogens with two attached hydrogens (primary N) is 2. The fourth-order valence-corrected chi connectivity index (χ4v) is 0.880. The third kappa shape index (κ3) is 1.73. The van der Waals surface area contributed by atoms with Crippen molar-refractivity contribution in [1.82, 2.24) is 10.1 Å². The van der Waals surface area contributed by atoms with Crippen molar-refractivity contribution in [1.29, 1.82) is 0 Å². The quantitative estimate of drug-likeness (QED) is 0.696. The van der Waals surface area contributed by atoms with Crippen molar-refractivity contribution in [3.8, 4) is 0 Å². The van der Waals surface area contributed by atoms with Crippen LogP contribution in [0, 0.1) is 5.92 Å². The summed E-state index contributed by atoms with van der Waals surface area (Å²) in [6, 6.07) is -0.209. The summed E-state index contributed by atoms with van der Waals surface area (Å²) in [7, 11) is 0. The Bertz CT molecular complexity index is 247. The van der Waals surface area contributed by atoms with E-state index in [9.17, 15) is 0 Å². The van der Waals surface area contributed by atoms with Crippen LogP contribution in [0.4, 0.5) is 5.95 Å². The average Bonchev–Trinajstić information content (AvgIpc) is 2.49. The Kier molecular flexibility index (Phi) is 2.65. The minimum Gasteiger partial charge on any atom is -0.365 e. The lowest BCUT2D eigenvalue weighted by Gasteiger charge is -2.12.